The molecular weight excluding hydrogens is 248 g/mol. The molecule has 2 aromatic carbocycles. The van der Waals surface area contributed by atoms with Gasteiger partial charge in [-0.1, -0.05) is 12.1 Å². The number of ether oxygens (including phenoxy) is 1. The molecule has 2 N–H and O–H groups in total. The van der Waals surface area contributed by atoms with Crippen LogP contribution in [0.15, 0.2) is 54.2 Å². The van der Waals surface area contributed by atoms with Gasteiger partial charge in [-0.15, -0.1) is 0 Å². The van der Waals surface area contributed by atoms with Crippen LogP contribution in [0.5, 0.6) is 11.5 Å². The summed E-state index contributed by atoms with van der Waals surface area (Å²) in [6.07, 6.45) is 4.13. The van der Waals surface area contributed by atoms with Crippen molar-refractivity contribution in [3.63, 3.8) is 0 Å². The highest BCUT2D eigenvalue weighted by Crippen LogP contribution is 2.35. The number of allylic oxidation sites excluding steroid dienone is 1. The van der Waals surface area contributed by atoms with E-state index in [1.54, 1.807) is 0 Å². The van der Waals surface area contributed by atoms with E-state index in [2.05, 4.69) is 19.3 Å². The summed E-state index contributed by atoms with van der Waals surface area (Å²) in [5, 5.41) is 0. The lowest BCUT2D eigenvalue weighted by Crippen LogP contribution is -2.11. The van der Waals surface area contributed by atoms with E-state index in [-0.39, 0.29) is 0 Å². The van der Waals surface area contributed by atoms with Crippen molar-refractivity contribution < 1.29 is 9.31 Å². The van der Waals surface area contributed by atoms with Crippen molar-refractivity contribution in [2.75, 3.05) is 5.73 Å². The van der Waals surface area contributed by atoms with E-state index < -0.39 is 0 Å². The highest BCUT2D eigenvalue weighted by molar-refractivity contribution is 5.79. The molecule has 1 heterocycles. The van der Waals surface area contributed by atoms with Gasteiger partial charge in [0.15, 0.2) is 12.4 Å². The Morgan fingerprint density at radius 3 is 2.55 bits per heavy atom. The minimum absolute atomic E-state index is 0.692. The third-order valence-electron chi connectivity index (χ3n) is 3.16. The minimum Gasteiger partial charge on any atom is -0.450 e. The molecule has 0 bridgehead atoms. The number of nitrogen functional groups attached to an aromatic ring is 1. The van der Waals surface area contributed by atoms with E-state index in [9.17, 15) is 0 Å². The lowest BCUT2D eigenvalue weighted by atomic mass is 10.2. The number of hydrogen-bond donors (Lipinski definition) is 1. The van der Waals surface area contributed by atoms with E-state index in [4.69, 9.17) is 10.5 Å². The van der Waals surface area contributed by atoms with Gasteiger partial charge in [0.1, 0.15) is 5.75 Å². The Bertz CT molecular complexity index is 730. The van der Waals surface area contributed by atoms with Crippen molar-refractivity contribution in [2.45, 2.75) is 13.8 Å². The predicted molar refractivity (Wildman–Crippen MR) is 81.8 cm³/mol. The second-order valence-electron chi connectivity index (χ2n) is 5.06. The Hall–Kier alpha value is -2.55. The number of nitrogens with two attached hydrogens (primary N) is 1. The van der Waals surface area contributed by atoms with Crippen LogP contribution in [0, 0.1) is 6.92 Å². The third kappa shape index (κ3) is 2.43. The van der Waals surface area contributed by atoms with E-state index in [0.717, 1.165) is 17.2 Å². The summed E-state index contributed by atoms with van der Waals surface area (Å²) in [5.74, 6) is 1.58. The summed E-state index contributed by atoms with van der Waals surface area (Å²) in [5.41, 5.74) is 9.96. The van der Waals surface area contributed by atoms with Crippen molar-refractivity contribution >= 4 is 17.6 Å². The molecule has 3 rings (SSSR count). The van der Waals surface area contributed by atoms with Crippen LogP contribution in [0.25, 0.3) is 0 Å². The Labute approximate surface area is 118 Å². The molecule has 0 spiro atoms. The van der Waals surface area contributed by atoms with E-state index in [0.29, 0.717) is 5.69 Å². The molecule has 0 aromatic heterocycles. The molecule has 0 saturated heterocycles. The van der Waals surface area contributed by atoms with E-state index in [1.165, 1.54) is 11.1 Å². The van der Waals surface area contributed by atoms with E-state index in [1.807, 2.05) is 54.0 Å². The zero-order chi connectivity index (χ0) is 14.1. The number of rotatable bonds is 3. The van der Waals surface area contributed by atoms with Gasteiger partial charge in [0.05, 0.1) is 5.57 Å². The second kappa shape index (κ2) is 4.85. The van der Waals surface area contributed by atoms with Gasteiger partial charge in [0.25, 0.3) is 5.69 Å². The Morgan fingerprint density at radius 2 is 1.85 bits per heavy atom. The molecule has 2 aromatic rings. The van der Waals surface area contributed by atoms with Crippen LogP contribution in [0.4, 0.5) is 11.4 Å². The molecule has 100 valence electrons. The maximum atomic E-state index is 5.99. The predicted octanol–water partition coefficient (Wildman–Crippen LogP) is 4.00. The zero-order valence-corrected chi connectivity index (χ0v) is 11.6. The molecule has 0 radical (unpaired) electrons. The maximum absolute atomic E-state index is 5.99. The maximum Gasteiger partial charge on any atom is 0.253 e. The fourth-order valence-electron chi connectivity index (χ4n) is 2.20. The van der Waals surface area contributed by atoms with Crippen LogP contribution in [-0.4, -0.2) is 10.8 Å². The Morgan fingerprint density at radius 1 is 1.05 bits per heavy atom. The van der Waals surface area contributed by atoms with Crippen LogP contribution in [0.3, 0.4) is 0 Å². The molecule has 0 unspecified atom stereocenters. The van der Waals surface area contributed by atoms with Gasteiger partial charge < -0.3 is 10.5 Å². The number of anilines is 1. The average molecular weight is 265 g/mol. The summed E-state index contributed by atoms with van der Waals surface area (Å²) >= 11 is 0. The molecular formula is C17H17N2O+. The molecule has 0 atom stereocenters. The SMILES string of the molecule is CC1=C[N+](c2ccc(N)cc2Oc2cccc(C)c2)=C1. The largest absolute Gasteiger partial charge is 0.450 e. The van der Waals surface area contributed by atoms with Gasteiger partial charge in [-0.2, -0.15) is 4.58 Å². The zero-order valence-electron chi connectivity index (χ0n) is 11.6. The van der Waals surface area contributed by atoms with Crippen molar-refractivity contribution in [3.8, 4) is 11.5 Å². The smallest absolute Gasteiger partial charge is 0.253 e. The van der Waals surface area contributed by atoms with Gasteiger partial charge in [0.2, 0.25) is 5.75 Å². The summed E-state index contributed by atoms with van der Waals surface area (Å²) in [4.78, 5) is 0. The first-order valence-corrected chi connectivity index (χ1v) is 6.57. The van der Waals surface area contributed by atoms with Gasteiger partial charge in [0, 0.05) is 17.8 Å². The lowest BCUT2D eigenvalue weighted by molar-refractivity contribution is -0.368. The van der Waals surface area contributed by atoms with E-state index >= 15 is 0 Å². The highest BCUT2D eigenvalue weighted by Gasteiger charge is 2.21. The molecule has 3 nitrogen and oxygen atoms in total. The Kier molecular flexibility index (Phi) is 3.03. The van der Waals surface area contributed by atoms with Gasteiger partial charge in [-0.25, -0.2) is 0 Å². The lowest BCUT2D eigenvalue weighted by Gasteiger charge is -2.11. The third-order valence-corrected chi connectivity index (χ3v) is 3.16. The molecule has 0 saturated carbocycles. The summed E-state index contributed by atoms with van der Waals surface area (Å²) < 4.78 is 8.03. The monoisotopic (exact) mass is 265 g/mol. The van der Waals surface area contributed by atoms with Crippen LogP contribution >= 0.6 is 0 Å². The highest BCUT2D eigenvalue weighted by atomic mass is 16.5. The molecule has 1 aliphatic heterocycles. The quantitative estimate of drug-likeness (QED) is 0.673. The van der Waals surface area contributed by atoms with Gasteiger partial charge in [-0.3, -0.25) is 0 Å². The van der Waals surface area contributed by atoms with Gasteiger partial charge in [-0.05, 0) is 37.6 Å². The summed E-state index contributed by atoms with van der Waals surface area (Å²) in [7, 11) is 0. The first kappa shape index (κ1) is 12.5. The molecule has 3 heteroatoms. The summed E-state index contributed by atoms with van der Waals surface area (Å²) in [6, 6.07) is 13.7. The average Bonchev–Trinajstić information content (AvgIpc) is 2.36. The molecule has 0 fully saturated rings. The van der Waals surface area contributed by atoms with Crippen molar-refractivity contribution in [1.82, 2.24) is 0 Å². The fraction of sp³-hybridized carbons (Fsp3) is 0.118. The minimum atomic E-state index is 0.692. The number of nitrogens with zero attached hydrogens (tertiary/aromatic N) is 1. The fourth-order valence-corrected chi connectivity index (χ4v) is 2.20. The van der Waals surface area contributed by atoms with Gasteiger partial charge >= 0.3 is 0 Å². The summed E-state index contributed by atoms with van der Waals surface area (Å²) in [6.45, 7) is 4.11. The normalized spacial score (nSPS) is 13.3. The van der Waals surface area contributed by atoms with Crippen LogP contribution in [-0.2, 0) is 0 Å². The van der Waals surface area contributed by atoms with Crippen LogP contribution in [0.2, 0.25) is 0 Å². The number of hydrogen-bond acceptors (Lipinski definition) is 2. The van der Waals surface area contributed by atoms with Crippen molar-refractivity contribution in [3.05, 3.63) is 59.8 Å². The number of benzene rings is 2. The van der Waals surface area contributed by atoms with Crippen LogP contribution in [0.1, 0.15) is 12.5 Å². The Balaban J connectivity index is 1.96. The second-order valence-corrected chi connectivity index (χ2v) is 5.06. The van der Waals surface area contributed by atoms with Crippen molar-refractivity contribution in [2.24, 2.45) is 0 Å². The molecule has 0 amide bonds. The standard InChI is InChI=1S/C17H17N2O/c1-12-4-3-5-15(8-12)20-17-9-14(18)6-7-16(17)19-10-13(2)11-19/h3-11H,18H2,1-2H3/q+1. The van der Waals surface area contributed by atoms with Crippen molar-refractivity contribution in [1.29, 1.82) is 0 Å². The molecule has 1 aliphatic rings. The number of aryl methyl sites for hydroxylation is 1. The first-order valence-electron chi connectivity index (χ1n) is 6.57. The van der Waals surface area contributed by atoms with Crippen LogP contribution < -0.4 is 10.5 Å². The first-order chi connectivity index (χ1) is 9.61. The topological polar surface area (TPSA) is 38.3 Å². The molecule has 20 heavy (non-hydrogen) atoms. The molecule has 0 aliphatic carbocycles.